The SMILES string of the molecule is O=c1c(-c2ccc3ncsc3c2)cn(-c2ccc(OC(F)F)cc2)c2nc(NCC(F)(F)F)ncc12. The molecule has 0 unspecified atom stereocenters. The maximum absolute atomic E-state index is 13.4. The molecule has 0 aliphatic heterocycles. The third kappa shape index (κ3) is 4.82. The second kappa shape index (κ2) is 9.15. The van der Waals surface area contributed by atoms with Crippen LogP contribution in [0.4, 0.5) is 27.9 Å². The summed E-state index contributed by atoms with van der Waals surface area (Å²) in [7, 11) is 0. The third-order valence-corrected chi connectivity index (χ3v) is 5.97. The van der Waals surface area contributed by atoms with Crippen LogP contribution in [0.5, 0.6) is 5.75 Å². The molecule has 2 aromatic carbocycles. The second-order valence-corrected chi connectivity index (χ2v) is 8.44. The first-order valence-corrected chi connectivity index (χ1v) is 11.2. The first kappa shape index (κ1) is 23.6. The van der Waals surface area contributed by atoms with Gasteiger partial charge in [-0.3, -0.25) is 4.79 Å². The van der Waals surface area contributed by atoms with Crippen LogP contribution in [-0.2, 0) is 0 Å². The standard InChI is InChI=1S/C23H14F5N5O2S/c24-21(25)35-14-4-2-13(3-5-14)33-9-16(12-1-6-17-18(7-12)36-11-31-17)19(34)15-8-29-22(32-20(15)33)30-10-23(26,27)28/h1-9,11,21H,10H2,(H,29,30,32). The van der Waals surface area contributed by atoms with Gasteiger partial charge in [0.15, 0.2) is 11.1 Å². The molecule has 5 rings (SSSR count). The molecule has 0 aliphatic carbocycles. The molecule has 0 saturated carbocycles. The average Bonchev–Trinajstić information content (AvgIpc) is 3.31. The van der Waals surface area contributed by atoms with Crippen LogP contribution in [0.1, 0.15) is 0 Å². The molecule has 0 aliphatic rings. The summed E-state index contributed by atoms with van der Waals surface area (Å²) in [6.45, 7) is -4.37. The lowest BCUT2D eigenvalue weighted by Gasteiger charge is -2.15. The number of pyridine rings is 1. The number of anilines is 1. The van der Waals surface area contributed by atoms with Gasteiger partial charge in [-0.05, 0) is 42.0 Å². The van der Waals surface area contributed by atoms with Crippen molar-refractivity contribution in [1.29, 1.82) is 0 Å². The summed E-state index contributed by atoms with van der Waals surface area (Å²) in [5.41, 5.74) is 3.33. The number of thiazole rings is 1. The Hall–Kier alpha value is -4.13. The highest BCUT2D eigenvalue weighted by atomic mass is 32.1. The largest absolute Gasteiger partial charge is 0.435 e. The van der Waals surface area contributed by atoms with Crippen molar-refractivity contribution < 1.29 is 26.7 Å². The molecule has 0 spiro atoms. The summed E-state index contributed by atoms with van der Waals surface area (Å²) < 4.78 is 69.9. The predicted octanol–water partition coefficient (Wildman–Crippen LogP) is 5.63. The van der Waals surface area contributed by atoms with Crippen LogP contribution in [0.2, 0.25) is 0 Å². The minimum Gasteiger partial charge on any atom is -0.435 e. The van der Waals surface area contributed by atoms with Crippen LogP contribution in [-0.4, -0.2) is 38.9 Å². The van der Waals surface area contributed by atoms with Gasteiger partial charge in [-0.25, -0.2) is 9.97 Å². The summed E-state index contributed by atoms with van der Waals surface area (Å²) in [4.78, 5) is 25.6. The van der Waals surface area contributed by atoms with Gasteiger partial charge in [0.1, 0.15) is 12.3 Å². The summed E-state index contributed by atoms with van der Waals surface area (Å²) in [5.74, 6) is -0.415. The number of rotatable bonds is 6. The third-order valence-electron chi connectivity index (χ3n) is 5.17. The zero-order chi connectivity index (χ0) is 25.4. The zero-order valence-corrected chi connectivity index (χ0v) is 18.8. The molecule has 0 saturated heterocycles. The van der Waals surface area contributed by atoms with Crippen molar-refractivity contribution in [3.8, 4) is 22.6 Å². The van der Waals surface area contributed by atoms with Gasteiger partial charge in [0.05, 0.1) is 21.1 Å². The molecular weight excluding hydrogens is 505 g/mol. The van der Waals surface area contributed by atoms with Gasteiger partial charge in [-0.15, -0.1) is 11.3 Å². The first-order chi connectivity index (χ1) is 17.2. The lowest BCUT2D eigenvalue weighted by molar-refractivity contribution is -0.115. The summed E-state index contributed by atoms with van der Waals surface area (Å²) >= 11 is 1.40. The first-order valence-electron chi connectivity index (χ1n) is 10.3. The summed E-state index contributed by atoms with van der Waals surface area (Å²) in [6.07, 6.45) is -1.85. The number of halogens is 5. The van der Waals surface area contributed by atoms with Crippen molar-refractivity contribution in [2.24, 2.45) is 0 Å². The quantitative estimate of drug-likeness (QED) is 0.293. The molecule has 13 heteroatoms. The second-order valence-electron chi connectivity index (χ2n) is 7.55. The highest BCUT2D eigenvalue weighted by Gasteiger charge is 2.27. The Morgan fingerprint density at radius 3 is 2.58 bits per heavy atom. The number of hydrogen-bond acceptors (Lipinski definition) is 7. The van der Waals surface area contributed by atoms with Gasteiger partial charge in [-0.2, -0.15) is 26.9 Å². The average molecular weight is 519 g/mol. The maximum atomic E-state index is 13.4. The Balaban J connectivity index is 1.68. The highest BCUT2D eigenvalue weighted by Crippen LogP contribution is 2.28. The van der Waals surface area contributed by atoms with Crippen molar-refractivity contribution in [1.82, 2.24) is 19.5 Å². The van der Waals surface area contributed by atoms with Crippen LogP contribution in [0.25, 0.3) is 38.1 Å². The van der Waals surface area contributed by atoms with Gasteiger partial charge in [0, 0.05) is 23.6 Å². The molecule has 0 fully saturated rings. The van der Waals surface area contributed by atoms with E-state index >= 15 is 0 Å². The molecule has 0 radical (unpaired) electrons. The monoisotopic (exact) mass is 519 g/mol. The Morgan fingerprint density at radius 1 is 1.08 bits per heavy atom. The Bertz CT molecular complexity index is 1620. The van der Waals surface area contributed by atoms with Crippen LogP contribution in [0, 0.1) is 0 Å². The van der Waals surface area contributed by atoms with E-state index in [0.29, 0.717) is 11.3 Å². The van der Waals surface area contributed by atoms with Crippen LogP contribution in [0.15, 0.2) is 65.2 Å². The Kier molecular flexibility index (Phi) is 6.00. The molecule has 7 nitrogen and oxygen atoms in total. The molecule has 184 valence electrons. The zero-order valence-electron chi connectivity index (χ0n) is 18.0. The minimum atomic E-state index is -4.50. The number of nitrogens with one attached hydrogen (secondary N) is 1. The molecule has 1 N–H and O–H groups in total. The minimum absolute atomic E-state index is 0.0322. The number of nitrogens with zero attached hydrogens (tertiary/aromatic N) is 4. The molecular formula is C23H14F5N5O2S. The fourth-order valence-electron chi connectivity index (χ4n) is 3.59. The van der Waals surface area contributed by atoms with E-state index in [0.717, 1.165) is 16.4 Å². The van der Waals surface area contributed by atoms with E-state index in [9.17, 15) is 26.7 Å². The van der Waals surface area contributed by atoms with Crippen LogP contribution in [0.3, 0.4) is 0 Å². The number of hydrogen-bond donors (Lipinski definition) is 1. The number of fused-ring (bicyclic) bond motifs is 2. The lowest BCUT2D eigenvalue weighted by atomic mass is 10.1. The molecule has 3 aromatic heterocycles. The van der Waals surface area contributed by atoms with E-state index in [-0.39, 0.29) is 28.3 Å². The van der Waals surface area contributed by atoms with Crippen molar-refractivity contribution in [2.45, 2.75) is 12.8 Å². The van der Waals surface area contributed by atoms with Gasteiger partial charge >= 0.3 is 12.8 Å². The molecule has 0 atom stereocenters. The van der Waals surface area contributed by atoms with Crippen LogP contribution >= 0.6 is 11.3 Å². The molecule has 0 amide bonds. The van der Waals surface area contributed by atoms with Crippen molar-refractivity contribution in [3.05, 3.63) is 70.6 Å². The van der Waals surface area contributed by atoms with Gasteiger partial charge < -0.3 is 14.6 Å². The van der Waals surface area contributed by atoms with E-state index in [1.807, 2.05) is 0 Å². The van der Waals surface area contributed by atoms with E-state index in [1.54, 1.807) is 23.7 Å². The Labute approximate surface area is 202 Å². The predicted molar refractivity (Wildman–Crippen MR) is 125 cm³/mol. The maximum Gasteiger partial charge on any atom is 0.405 e. The number of aromatic nitrogens is 4. The fraction of sp³-hybridized carbons (Fsp3) is 0.130. The fourth-order valence-corrected chi connectivity index (χ4v) is 4.30. The van der Waals surface area contributed by atoms with Gasteiger partial charge in [0.2, 0.25) is 5.95 Å². The Morgan fingerprint density at radius 2 is 1.86 bits per heavy atom. The number of ether oxygens (including phenoxy) is 1. The van der Waals surface area contributed by atoms with Crippen molar-refractivity contribution in [3.63, 3.8) is 0 Å². The molecule has 36 heavy (non-hydrogen) atoms. The molecule has 5 aromatic rings. The van der Waals surface area contributed by atoms with E-state index in [4.69, 9.17) is 0 Å². The summed E-state index contributed by atoms with van der Waals surface area (Å²) in [5, 5.41) is 2.16. The lowest BCUT2D eigenvalue weighted by Crippen LogP contribution is -2.23. The topological polar surface area (TPSA) is 81.9 Å². The van der Waals surface area contributed by atoms with Crippen LogP contribution < -0.4 is 15.5 Å². The van der Waals surface area contributed by atoms with Crippen molar-refractivity contribution >= 4 is 38.5 Å². The summed E-state index contributed by atoms with van der Waals surface area (Å²) in [6, 6.07) is 10.8. The highest BCUT2D eigenvalue weighted by molar-refractivity contribution is 7.16. The van der Waals surface area contributed by atoms with E-state index in [1.165, 1.54) is 46.4 Å². The van der Waals surface area contributed by atoms with E-state index in [2.05, 4.69) is 25.0 Å². The molecule has 3 heterocycles. The van der Waals surface area contributed by atoms with E-state index < -0.39 is 24.8 Å². The molecule has 0 bridgehead atoms. The smallest absolute Gasteiger partial charge is 0.405 e. The normalized spacial score (nSPS) is 11.9. The number of alkyl halides is 5. The van der Waals surface area contributed by atoms with Gasteiger partial charge in [0.25, 0.3) is 0 Å². The van der Waals surface area contributed by atoms with Crippen molar-refractivity contribution in [2.75, 3.05) is 11.9 Å². The van der Waals surface area contributed by atoms with Gasteiger partial charge in [-0.1, -0.05) is 6.07 Å². The number of benzene rings is 2.